The monoisotopic (exact) mass is 268 g/mol. The number of urea groups is 1. The van der Waals surface area contributed by atoms with Gasteiger partial charge in [-0.2, -0.15) is 0 Å². The van der Waals surface area contributed by atoms with Crippen LogP contribution in [0.2, 0.25) is 0 Å². The number of unbranched alkanes of at least 4 members (excludes halogenated alkanes) is 2. The van der Waals surface area contributed by atoms with Gasteiger partial charge in [0.1, 0.15) is 5.82 Å². The summed E-state index contributed by atoms with van der Waals surface area (Å²) in [5.74, 6) is -1.22. The SMILES string of the molecule is O=C(O)CCCCCNC(=O)Nc1cccc(F)c1. The summed E-state index contributed by atoms with van der Waals surface area (Å²) in [4.78, 5) is 21.7. The van der Waals surface area contributed by atoms with Crippen LogP contribution < -0.4 is 10.6 Å². The summed E-state index contributed by atoms with van der Waals surface area (Å²) in [6, 6.07) is 5.23. The van der Waals surface area contributed by atoms with E-state index in [4.69, 9.17) is 5.11 Å². The number of halogens is 1. The lowest BCUT2D eigenvalue weighted by Crippen LogP contribution is -2.29. The first kappa shape index (κ1) is 14.9. The molecule has 1 aromatic rings. The molecule has 0 radical (unpaired) electrons. The van der Waals surface area contributed by atoms with Crippen molar-refractivity contribution < 1.29 is 19.1 Å². The molecule has 1 aromatic carbocycles. The van der Waals surface area contributed by atoms with E-state index in [1.165, 1.54) is 18.2 Å². The average Bonchev–Trinajstić information content (AvgIpc) is 2.33. The predicted molar refractivity (Wildman–Crippen MR) is 69.5 cm³/mol. The molecule has 0 unspecified atom stereocenters. The summed E-state index contributed by atoms with van der Waals surface area (Å²) < 4.78 is 12.9. The molecule has 2 amide bonds. The number of rotatable bonds is 7. The number of aliphatic carboxylic acids is 1. The maximum Gasteiger partial charge on any atom is 0.319 e. The van der Waals surface area contributed by atoms with E-state index >= 15 is 0 Å². The number of carbonyl (C=O) groups excluding carboxylic acids is 1. The predicted octanol–water partition coefficient (Wildman–Crippen LogP) is 2.59. The topological polar surface area (TPSA) is 78.4 Å². The van der Waals surface area contributed by atoms with E-state index in [9.17, 15) is 14.0 Å². The summed E-state index contributed by atoms with van der Waals surface area (Å²) >= 11 is 0. The van der Waals surface area contributed by atoms with Crippen LogP contribution in [-0.4, -0.2) is 23.7 Å². The van der Waals surface area contributed by atoms with Crippen molar-refractivity contribution in [2.24, 2.45) is 0 Å². The van der Waals surface area contributed by atoms with Crippen molar-refractivity contribution in [3.63, 3.8) is 0 Å². The zero-order chi connectivity index (χ0) is 14.1. The smallest absolute Gasteiger partial charge is 0.319 e. The molecule has 0 aromatic heterocycles. The maximum absolute atomic E-state index is 12.9. The molecule has 0 fully saturated rings. The number of nitrogens with one attached hydrogen (secondary N) is 2. The van der Waals surface area contributed by atoms with Crippen LogP contribution in [0.1, 0.15) is 25.7 Å². The summed E-state index contributed by atoms with van der Waals surface area (Å²) in [5, 5.41) is 13.6. The Balaban J connectivity index is 2.13. The zero-order valence-corrected chi connectivity index (χ0v) is 10.5. The van der Waals surface area contributed by atoms with Gasteiger partial charge < -0.3 is 15.7 Å². The third kappa shape index (κ3) is 7.03. The number of anilines is 1. The van der Waals surface area contributed by atoms with E-state index in [2.05, 4.69) is 10.6 Å². The van der Waals surface area contributed by atoms with E-state index in [1.54, 1.807) is 6.07 Å². The van der Waals surface area contributed by atoms with Gasteiger partial charge in [-0.05, 0) is 31.0 Å². The third-order valence-electron chi connectivity index (χ3n) is 2.44. The number of carbonyl (C=O) groups is 2. The van der Waals surface area contributed by atoms with Crippen LogP contribution in [-0.2, 0) is 4.79 Å². The molecule has 0 atom stereocenters. The lowest BCUT2D eigenvalue weighted by Gasteiger charge is -2.07. The van der Waals surface area contributed by atoms with Gasteiger partial charge >= 0.3 is 12.0 Å². The Bertz CT molecular complexity index is 438. The van der Waals surface area contributed by atoms with Crippen LogP contribution in [0.15, 0.2) is 24.3 Å². The normalized spacial score (nSPS) is 9.95. The highest BCUT2D eigenvalue weighted by Crippen LogP contribution is 2.08. The first-order valence-corrected chi connectivity index (χ1v) is 6.10. The van der Waals surface area contributed by atoms with Gasteiger partial charge in [0.15, 0.2) is 0 Å². The summed E-state index contributed by atoms with van der Waals surface area (Å²) in [6.07, 6.45) is 2.20. The maximum atomic E-state index is 12.9. The second-order valence-electron chi connectivity index (χ2n) is 4.10. The minimum Gasteiger partial charge on any atom is -0.481 e. The molecule has 104 valence electrons. The van der Waals surface area contributed by atoms with Gasteiger partial charge in [-0.3, -0.25) is 4.79 Å². The molecule has 6 heteroatoms. The van der Waals surface area contributed by atoms with E-state index in [0.717, 1.165) is 6.42 Å². The van der Waals surface area contributed by atoms with Crippen molar-refractivity contribution in [2.45, 2.75) is 25.7 Å². The van der Waals surface area contributed by atoms with Gasteiger partial charge in [-0.1, -0.05) is 12.5 Å². The molecule has 19 heavy (non-hydrogen) atoms. The van der Waals surface area contributed by atoms with Gasteiger partial charge in [0, 0.05) is 18.7 Å². The second-order valence-corrected chi connectivity index (χ2v) is 4.10. The fourth-order valence-corrected chi connectivity index (χ4v) is 1.52. The molecular weight excluding hydrogens is 251 g/mol. The number of benzene rings is 1. The molecule has 1 rings (SSSR count). The molecule has 0 aliphatic carbocycles. The highest BCUT2D eigenvalue weighted by Gasteiger charge is 2.02. The van der Waals surface area contributed by atoms with E-state index in [1.807, 2.05) is 0 Å². The van der Waals surface area contributed by atoms with Crippen molar-refractivity contribution >= 4 is 17.7 Å². The van der Waals surface area contributed by atoms with Crippen molar-refractivity contribution in [2.75, 3.05) is 11.9 Å². The van der Waals surface area contributed by atoms with Crippen LogP contribution in [0.3, 0.4) is 0 Å². The van der Waals surface area contributed by atoms with Crippen LogP contribution in [0.4, 0.5) is 14.9 Å². The van der Waals surface area contributed by atoms with E-state index < -0.39 is 17.8 Å². The Morgan fingerprint density at radius 3 is 2.68 bits per heavy atom. The van der Waals surface area contributed by atoms with Crippen LogP contribution in [0.5, 0.6) is 0 Å². The summed E-state index contributed by atoms with van der Waals surface area (Å²) in [5.41, 5.74) is 0.392. The minimum atomic E-state index is -0.809. The van der Waals surface area contributed by atoms with Crippen molar-refractivity contribution in [3.05, 3.63) is 30.1 Å². The Morgan fingerprint density at radius 1 is 1.21 bits per heavy atom. The Labute approximate surface area is 110 Å². The van der Waals surface area contributed by atoms with Crippen molar-refractivity contribution in [1.29, 1.82) is 0 Å². The van der Waals surface area contributed by atoms with E-state index in [0.29, 0.717) is 25.1 Å². The summed E-state index contributed by atoms with van der Waals surface area (Å²) in [7, 11) is 0. The molecule has 0 bridgehead atoms. The quantitative estimate of drug-likeness (QED) is 0.665. The number of hydrogen-bond acceptors (Lipinski definition) is 2. The number of hydrogen-bond donors (Lipinski definition) is 3. The first-order chi connectivity index (χ1) is 9.08. The highest BCUT2D eigenvalue weighted by molar-refractivity contribution is 5.89. The molecule has 0 saturated heterocycles. The third-order valence-corrected chi connectivity index (χ3v) is 2.44. The van der Waals surface area contributed by atoms with Gasteiger partial charge in [-0.25, -0.2) is 9.18 Å². The molecule has 5 nitrogen and oxygen atoms in total. The Hall–Kier alpha value is -2.11. The van der Waals surface area contributed by atoms with Gasteiger partial charge in [-0.15, -0.1) is 0 Å². The van der Waals surface area contributed by atoms with E-state index in [-0.39, 0.29) is 6.42 Å². The largest absolute Gasteiger partial charge is 0.481 e. The first-order valence-electron chi connectivity index (χ1n) is 6.10. The molecule has 0 saturated carbocycles. The van der Waals surface area contributed by atoms with Gasteiger partial charge in [0.25, 0.3) is 0 Å². The molecule has 0 spiro atoms. The van der Waals surface area contributed by atoms with Gasteiger partial charge in [0.05, 0.1) is 0 Å². The fraction of sp³-hybridized carbons (Fsp3) is 0.385. The number of carboxylic acid groups (broad SMARTS) is 1. The Kier molecular flexibility index (Phi) is 6.35. The fourth-order valence-electron chi connectivity index (χ4n) is 1.52. The molecule has 3 N–H and O–H groups in total. The number of carboxylic acids is 1. The van der Waals surface area contributed by atoms with Crippen LogP contribution in [0, 0.1) is 5.82 Å². The molecule has 0 heterocycles. The zero-order valence-electron chi connectivity index (χ0n) is 10.5. The van der Waals surface area contributed by atoms with Crippen molar-refractivity contribution in [3.8, 4) is 0 Å². The van der Waals surface area contributed by atoms with Crippen molar-refractivity contribution in [1.82, 2.24) is 5.32 Å². The van der Waals surface area contributed by atoms with Gasteiger partial charge in [0.2, 0.25) is 0 Å². The van der Waals surface area contributed by atoms with Crippen LogP contribution in [0.25, 0.3) is 0 Å². The highest BCUT2D eigenvalue weighted by atomic mass is 19.1. The minimum absolute atomic E-state index is 0.148. The molecule has 0 aliphatic heterocycles. The standard InChI is InChI=1S/C13H17FN2O3/c14-10-5-4-6-11(9-10)16-13(19)15-8-3-1-2-7-12(17)18/h4-6,9H,1-3,7-8H2,(H,17,18)(H2,15,16,19). The lowest BCUT2D eigenvalue weighted by molar-refractivity contribution is -0.137. The molecular formula is C13H17FN2O3. The molecule has 0 aliphatic rings. The number of amides is 2. The summed E-state index contributed by atoms with van der Waals surface area (Å²) in [6.45, 7) is 0.459. The average molecular weight is 268 g/mol. The Morgan fingerprint density at radius 2 is 2.00 bits per heavy atom. The van der Waals surface area contributed by atoms with Crippen LogP contribution >= 0.6 is 0 Å². The second kappa shape index (κ2) is 8.07. The lowest BCUT2D eigenvalue weighted by atomic mass is 10.2.